The third kappa shape index (κ3) is 2.08. The van der Waals surface area contributed by atoms with Gasteiger partial charge in [-0.05, 0) is 42.9 Å². The van der Waals surface area contributed by atoms with Crippen LogP contribution in [-0.4, -0.2) is 11.1 Å². The molecule has 1 saturated carbocycles. The Balaban J connectivity index is 2.15. The van der Waals surface area contributed by atoms with Gasteiger partial charge in [-0.3, -0.25) is 0 Å². The summed E-state index contributed by atoms with van der Waals surface area (Å²) in [6.07, 6.45) is 3.65. The number of hydrogen-bond donors (Lipinski definition) is 1. The van der Waals surface area contributed by atoms with Gasteiger partial charge in [-0.15, -0.1) is 0 Å². The Morgan fingerprint density at radius 3 is 2.85 bits per heavy atom. The van der Waals surface area contributed by atoms with E-state index in [0.717, 1.165) is 17.9 Å². The molecule has 2 rings (SSSR count). The molecule has 0 bridgehead atoms. The van der Waals surface area contributed by atoms with Crippen LogP contribution in [0.3, 0.4) is 0 Å². The van der Waals surface area contributed by atoms with Crippen molar-refractivity contribution in [3.63, 3.8) is 0 Å². The van der Waals surface area contributed by atoms with E-state index in [-0.39, 0.29) is 0 Å². The van der Waals surface area contributed by atoms with Crippen LogP contribution in [0.2, 0.25) is 0 Å². The summed E-state index contributed by atoms with van der Waals surface area (Å²) in [6.45, 7) is 0. The summed E-state index contributed by atoms with van der Waals surface area (Å²) < 4.78 is 0. The van der Waals surface area contributed by atoms with Crippen molar-refractivity contribution in [3.8, 4) is 0 Å². The zero-order valence-electron chi connectivity index (χ0n) is 7.36. The molecule has 1 N–H and O–H groups in total. The Labute approximate surface area is 77.2 Å². The van der Waals surface area contributed by atoms with Gasteiger partial charge >= 0.3 is 5.97 Å². The van der Waals surface area contributed by atoms with Crippen molar-refractivity contribution in [3.05, 3.63) is 35.4 Å². The molecule has 13 heavy (non-hydrogen) atoms. The van der Waals surface area contributed by atoms with E-state index < -0.39 is 5.97 Å². The van der Waals surface area contributed by atoms with Gasteiger partial charge in [0.05, 0.1) is 5.56 Å². The average Bonchev–Trinajstić information content (AvgIpc) is 2.89. The molecule has 2 heteroatoms. The highest BCUT2D eigenvalue weighted by atomic mass is 16.4. The highest BCUT2D eigenvalue weighted by Gasteiger charge is 2.21. The van der Waals surface area contributed by atoms with E-state index in [1.807, 2.05) is 12.1 Å². The summed E-state index contributed by atoms with van der Waals surface area (Å²) >= 11 is 0. The maximum Gasteiger partial charge on any atom is 0.335 e. The van der Waals surface area contributed by atoms with Crippen molar-refractivity contribution < 1.29 is 9.90 Å². The molecule has 0 unspecified atom stereocenters. The van der Waals surface area contributed by atoms with Crippen LogP contribution in [-0.2, 0) is 6.42 Å². The fraction of sp³-hybridized carbons (Fsp3) is 0.364. The molecule has 1 aliphatic rings. The Morgan fingerprint density at radius 1 is 1.46 bits per heavy atom. The zero-order chi connectivity index (χ0) is 9.26. The van der Waals surface area contributed by atoms with E-state index >= 15 is 0 Å². The largest absolute Gasteiger partial charge is 0.478 e. The lowest BCUT2D eigenvalue weighted by atomic mass is 10.1. The number of carboxylic acids is 1. The first-order chi connectivity index (χ1) is 6.25. The van der Waals surface area contributed by atoms with E-state index in [0.29, 0.717) is 5.56 Å². The standard InChI is InChI=1S/C11H12O2/c12-11(13)10-3-1-2-9(7-10)6-8-4-5-8/h1-3,7-8H,4-6H2,(H,12,13). The lowest BCUT2D eigenvalue weighted by Crippen LogP contribution is -1.97. The fourth-order valence-electron chi connectivity index (χ4n) is 1.49. The first kappa shape index (κ1) is 8.30. The number of aromatic carboxylic acids is 1. The van der Waals surface area contributed by atoms with Gasteiger partial charge in [0.25, 0.3) is 0 Å². The molecular weight excluding hydrogens is 164 g/mol. The second kappa shape index (κ2) is 3.21. The van der Waals surface area contributed by atoms with Crippen molar-refractivity contribution in [1.82, 2.24) is 0 Å². The van der Waals surface area contributed by atoms with Crippen LogP contribution in [0.5, 0.6) is 0 Å². The first-order valence-electron chi connectivity index (χ1n) is 4.58. The maximum absolute atomic E-state index is 10.7. The predicted molar refractivity (Wildman–Crippen MR) is 49.8 cm³/mol. The third-order valence-corrected chi connectivity index (χ3v) is 2.40. The monoisotopic (exact) mass is 176 g/mol. The minimum Gasteiger partial charge on any atom is -0.478 e. The number of carboxylic acid groups (broad SMARTS) is 1. The van der Waals surface area contributed by atoms with Gasteiger partial charge in [0.2, 0.25) is 0 Å². The van der Waals surface area contributed by atoms with Crippen LogP contribution >= 0.6 is 0 Å². The summed E-state index contributed by atoms with van der Waals surface area (Å²) in [5, 5.41) is 8.76. The van der Waals surface area contributed by atoms with E-state index in [4.69, 9.17) is 5.11 Å². The molecule has 1 aromatic carbocycles. The summed E-state index contributed by atoms with van der Waals surface area (Å²) in [5.74, 6) is -0.0262. The first-order valence-corrected chi connectivity index (χ1v) is 4.58. The Kier molecular flexibility index (Phi) is 2.05. The highest BCUT2D eigenvalue weighted by molar-refractivity contribution is 5.87. The van der Waals surface area contributed by atoms with E-state index in [1.54, 1.807) is 12.1 Å². The van der Waals surface area contributed by atoms with Gasteiger partial charge in [-0.2, -0.15) is 0 Å². The van der Waals surface area contributed by atoms with Crippen molar-refractivity contribution in [1.29, 1.82) is 0 Å². The van der Waals surface area contributed by atoms with Crippen LogP contribution in [0, 0.1) is 5.92 Å². The molecular formula is C11H12O2. The molecule has 2 nitrogen and oxygen atoms in total. The fourth-order valence-corrected chi connectivity index (χ4v) is 1.49. The van der Waals surface area contributed by atoms with E-state index in [1.165, 1.54) is 12.8 Å². The molecule has 0 radical (unpaired) electrons. The molecule has 0 aliphatic heterocycles. The maximum atomic E-state index is 10.7. The van der Waals surface area contributed by atoms with Gasteiger partial charge in [0, 0.05) is 0 Å². The van der Waals surface area contributed by atoms with Crippen LogP contribution in [0.25, 0.3) is 0 Å². The molecule has 0 heterocycles. The van der Waals surface area contributed by atoms with E-state index in [2.05, 4.69) is 0 Å². The van der Waals surface area contributed by atoms with Crippen molar-refractivity contribution >= 4 is 5.97 Å². The molecule has 1 aromatic rings. The molecule has 0 amide bonds. The van der Waals surface area contributed by atoms with Crippen LogP contribution < -0.4 is 0 Å². The topological polar surface area (TPSA) is 37.3 Å². The lowest BCUT2D eigenvalue weighted by Gasteiger charge is -2.00. The van der Waals surface area contributed by atoms with Gasteiger partial charge in [0.1, 0.15) is 0 Å². The molecule has 68 valence electrons. The van der Waals surface area contributed by atoms with Crippen LogP contribution in [0.15, 0.2) is 24.3 Å². The van der Waals surface area contributed by atoms with E-state index in [9.17, 15) is 4.79 Å². The van der Waals surface area contributed by atoms with Crippen molar-refractivity contribution in [2.24, 2.45) is 5.92 Å². The minimum absolute atomic E-state index is 0.401. The predicted octanol–water partition coefficient (Wildman–Crippen LogP) is 2.34. The van der Waals surface area contributed by atoms with Gasteiger partial charge in [-0.1, -0.05) is 12.1 Å². The average molecular weight is 176 g/mol. The second-order valence-corrected chi connectivity index (χ2v) is 3.65. The van der Waals surface area contributed by atoms with Crippen LogP contribution in [0.1, 0.15) is 28.8 Å². The number of benzene rings is 1. The summed E-state index contributed by atoms with van der Waals surface area (Å²) in [6, 6.07) is 7.24. The molecule has 0 atom stereocenters. The van der Waals surface area contributed by atoms with Gasteiger partial charge in [0.15, 0.2) is 0 Å². The lowest BCUT2D eigenvalue weighted by molar-refractivity contribution is 0.0697. The third-order valence-electron chi connectivity index (χ3n) is 2.40. The molecule has 1 fully saturated rings. The quantitative estimate of drug-likeness (QED) is 0.767. The van der Waals surface area contributed by atoms with Gasteiger partial charge in [-0.25, -0.2) is 4.79 Å². The van der Waals surface area contributed by atoms with Crippen molar-refractivity contribution in [2.75, 3.05) is 0 Å². The molecule has 1 aliphatic carbocycles. The number of carbonyl (C=O) groups is 1. The molecule has 0 spiro atoms. The molecule has 0 saturated heterocycles. The second-order valence-electron chi connectivity index (χ2n) is 3.65. The SMILES string of the molecule is O=C(O)c1cccc(CC2CC2)c1. The molecule has 0 aromatic heterocycles. The Hall–Kier alpha value is -1.31. The minimum atomic E-state index is -0.836. The Bertz CT molecular complexity index is 327. The smallest absolute Gasteiger partial charge is 0.335 e. The normalized spacial score (nSPS) is 15.7. The van der Waals surface area contributed by atoms with Crippen LogP contribution in [0.4, 0.5) is 0 Å². The summed E-state index contributed by atoms with van der Waals surface area (Å²) in [5.41, 5.74) is 1.56. The van der Waals surface area contributed by atoms with Crippen molar-refractivity contribution in [2.45, 2.75) is 19.3 Å². The number of rotatable bonds is 3. The Morgan fingerprint density at radius 2 is 2.23 bits per heavy atom. The number of hydrogen-bond acceptors (Lipinski definition) is 1. The zero-order valence-corrected chi connectivity index (χ0v) is 7.36. The highest BCUT2D eigenvalue weighted by Crippen LogP contribution is 2.32. The van der Waals surface area contributed by atoms with Gasteiger partial charge < -0.3 is 5.11 Å². The summed E-state index contributed by atoms with van der Waals surface area (Å²) in [7, 11) is 0. The summed E-state index contributed by atoms with van der Waals surface area (Å²) in [4.78, 5) is 10.7.